The van der Waals surface area contributed by atoms with Gasteiger partial charge in [0, 0.05) is 22.2 Å². The van der Waals surface area contributed by atoms with Crippen LogP contribution in [0.25, 0.3) is 0 Å². The minimum atomic E-state index is -0.970. The van der Waals surface area contributed by atoms with Crippen LogP contribution < -0.4 is 5.32 Å². The Morgan fingerprint density at radius 3 is 2.94 bits per heavy atom. The summed E-state index contributed by atoms with van der Waals surface area (Å²) in [5.41, 5.74) is 0.144. The fourth-order valence-corrected chi connectivity index (χ4v) is 3.40. The van der Waals surface area contributed by atoms with E-state index in [2.05, 4.69) is 28.7 Å². The van der Waals surface area contributed by atoms with Crippen LogP contribution in [0, 0.1) is 6.92 Å². The van der Waals surface area contributed by atoms with Crippen LogP contribution in [0.3, 0.4) is 0 Å². The lowest BCUT2D eigenvalue weighted by Gasteiger charge is -2.11. The zero-order valence-corrected chi connectivity index (χ0v) is 11.8. The Hall–Kier alpha value is -1.40. The van der Waals surface area contributed by atoms with Crippen LogP contribution in [0.2, 0.25) is 0 Å². The van der Waals surface area contributed by atoms with E-state index in [0.29, 0.717) is 5.13 Å². The van der Waals surface area contributed by atoms with Crippen LogP contribution in [-0.4, -0.2) is 22.1 Å². The average Bonchev–Trinajstić information content (AvgIpc) is 2.88. The molecule has 0 spiro atoms. The number of rotatable bonds is 5. The number of thiophene rings is 1. The molecule has 1 atom stereocenters. The SMILES string of the molecule is Cc1sc(NC(C)Cc2cccs2)nc1C(=O)O. The number of aromatic nitrogens is 1. The third kappa shape index (κ3) is 3.08. The lowest BCUT2D eigenvalue weighted by atomic mass is 10.2. The normalized spacial score (nSPS) is 12.3. The summed E-state index contributed by atoms with van der Waals surface area (Å²) in [4.78, 5) is 17.0. The first-order chi connectivity index (χ1) is 8.56. The molecule has 2 aromatic heterocycles. The number of anilines is 1. The maximum atomic E-state index is 10.9. The predicted octanol–water partition coefficient (Wildman–Crippen LogP) is 3.25. The molecule has 6 heteroatoms. The van der Waals surface area contributed by atoms with Gasteiger partial charge in [-0.1, -0.05) is 6.07 Å². The van der Waals surface area contributed by atoms with Gasteiger partial charge >= 0.3 is 5.97 Å². The zero-order chi connectivity index (χ0) is 13.1. The number of carbonyl (C=O) groups is 1. The lowest BCUT2D eigenvalue weighted by Crippen LogP contribution is -2.17. The number of aromatic carboxylic acids is 1. The van der Waals surface area contributed by atoms with Crippen molar-refractivity contribution in [1.29, 1.82) is 0 Å². The molecule has 2 N–H and O–H groups in total. The minimum absolute atomic E-state index is 0.144. The second kappa shape index (κ2) is 5.49. The summed E-state index contributed by atoms with van der Waals surface area (Å²) >= 11 is 3.11. The van der Waals surface area contributed by atoms with Crippen LogP contribution in [0.5, 0.6) is 0 Å². The van der Waals surface area contributed by atoms with E-state index in [1.54, 1.807) is 18.3 Å². The molecule has 1 unspecified atom stereocenters. The summed E-state index contributed by atoms with van der Waals surface area (Å²) in [5.74, 6) is -0.970. The Labute approximate surface area is 113 Å². The first-order valence-corrected chi connectivity index (χ1v) is 7.25. The molecule has 96 valence electrons. The number of nitrogens with zero attached hydrogens (tertiary/aromatic N) is 1. The van der Waals surface area contributed by atoms with Crippen molar-refractivity contribution in [2.45, 2.75) is 26.3 Å². The second-order valence-corrected chi connectivity index (χ2v) is 6.29. The van der Waals surface area contributed by atoms with E-state index < -0.39 is 5.97 Å². The fraction of sp³-hybridized carbons (Fsp3) is 0.333. The monoisotopic (exact) mass is 282 g/mol. The van der Waals surface area contributed by atoms with E-state index in [9.17, 15) is 4.79 Å². The molecule has 0 bridgehead atoms. The molecule has 0 amide bonds. The molecule has 4 nitrogen and oxygen atoms in total. The van der Waals surface area contributed by atoms with Gasteiger partial charge in [-0.05, 0) is 25.3 Å². The van der Waals surface area contributed by atoms with E-state index in [4.69, 9.17) is 5.11 Å². The van der Waals surface area contributed by atoms with Gasteiger partial charge in [-0.2, -0.15) is 0 Å². The Morgan fingerprint density at radius 2 is 2.39 bits per heavy atom. The topological polar surface area (TPSA) is 62.2 Å². The number of hydrogen-bond donors (Lipinski definition) is 2. The highest BCUT2D eigenvalue weighted by Gasteiger charge is 2.15. The van der Waals surface area contributed by atoms with E-state index in [1.165, 1.54) is 16.2 Å². The molecule has 0 fully saturated rings. The van der Waals surface area contributed by atoms with Gasteiger partial charge in [-0.3, -0.25) is 0 Å². The van der Waals surface area contributed by atoms with Crippen molar-refractivity contribution in [3.8, 4) is 0 Å². The van der Waals surface area contributed by atoms with Crippen molar-refractivity contribution >= 4 is 33.8 Å². The first kappa shape index (κ1) is 13.0. The Bertz CT molecular complexity index is 534. The first-order valence-electron chi connectivity index (χ1n) is 5.56. The van der Waals surface area contributed by atoms with Crippen LogP contribution in [0.15, 0.2) is 17.5 Å². The zero-order valence-electron chi connectivity index (χ0n) is 10.1. The van der Waals surface area contributed by atoms with Gasteiger partial charge in [0.2, 0.25) is 0 Å². The summed E-state index contributed by atoms with van der Waals surface area (Å²) < 4.78 is 0. The molecular formula is C12H14N2O2S2. The van der Waals surface area contributed by atoms with Gasteiger partial charge in [0.05, 0.1) is 0 Å². The third-order valence-electron chi connectivity index (χ3n) is 2.46. The van der Waals surface area contributed by atoms with Crippen molar-refractivity contribution in [1.82, 2.24) is 4.98 Å². The summed E-state index contributed by atoms with van der Waals surface area (Å²) in [6, 6.07) is 4.36. The van der Waals surface area contributed by atoms with Gasteiger partial charge in [0.1, 0.15) is 0 Å². The van der Waals surface area contributed by atoms with Crippen molar-refractivity contribution in [2.75, 3.05) is 5.32 Å². The van der Waals surface area contributed by atoms with Crippen LogP contribution in [0.1, 0.15) is 27.2 Å². The lowest BCUT2D eigenvalue weighted by molar-refractivity contribution is 0.0690. The summed E-state index contributed by atoms with van der Waals surface area (Å²) in [6.45, 7) is 3.84. The number of aryl methyl sites for hydroxylation is 1. The molecule has 0 aromatic carbocycles. The van der Waals surface area contributed by atoms with Gasteiger partial charge in [-0.25, -0.2) is 9.78 Å². The van der Waals surface area contributed by atoms with Crippen molar-refractivity contribution in [2.24, 2.45) is 0 Å². The standard InChI is InChI=1S/C12H14N2O2S2/c1-7(6-9-4-3-5-17-9)13-12-14-10(11(15)16)8(2)18-12/h3-5,7H,6H2,1-2H3,(H,13,14)(H,15,16). The molecule has 0 saturated heterocycles. The molecule has 0 radical (unpaired) electrons. The number of carboxylic acids is 1. The number of nitrogens with one attached hydrogen (secondary N) is 1. The fourth-order valence-electron chi connectivity index (χ4n) is 1.65. The quantitative estimate of drug-likeness (QED) is 0.883. The van der Waals surface area contributed by atoms with Gasteiger partial charge in [0.25, 0.3) is 0 Å². The Morgan fingerprint density at radius 1 is 1.61 bits per heavy atom. The van der Waals surface area contributed by atoms with Crippen LogP contribution in [0.4, 0.5) is 5.13 Å². The smallest absolute Gasteiger partial charge is 0.355 e. The molecule has 0 aliphatic rings. The van der Waals surface area contributed by atoms with Crippen LogP contribution >= 0.6 is 22.7 Å². The molecule has 0 saturated carbocycles. The highest BCUT2D eigenvalue weighted by Crippen LogP contribution is 2.23. The molecule has 2 heterocycles. The molecule has 18 heavy (non-hydrogen) atoms. The maximum Gasteiger partial charge on any atom is 0.355 e. The highest BCUT2D eigenvalue weighted by atomic mass is 32.1. The van der Waals surface area contributed by atoms with Crippen LogP contribution in [-0.2, 0) is 6.42 Å². The number of thiazole rings is 1. The van der Waals surface area contributed by atoms with E-state index in [1.807, 2.05) is 6.07 Å². The van der Waals surface area contributed by atoms with Crippen molar-refractivity contribution in [3.63, 3.8) is 0 Å². The van der Waals surface area contributed by atoms with E-state index in [0.717, 1.165) is 11.3 Å². The highest BCUT2D eigenvalue weighted by molar-refractivity contribution is 7.15. The third-order valence-corrected chi connectivity index (χ3v) is 4.26. The molecule has 2 rings (SSSR count). The number of carboxylic acid groups (broad SMARTS) is 1. The summed E-state index contributed by atoms with van der Waals surface area (Å²) in [7, 11) is 0. The average molecular weight is 282 g/mol. The Balaban J connectivity index is 2.01. The summed E-state index contributed by atoms with van der Waals surface area (Å²) in [6.07, 6.45) is 0.915. The van der Waals surface area contributed by atoms with E-state index in [-0.39, 0.29) is 11.7 Å². The molecule has 0 aliphatic heterocycles. The minimum Gasteiger partial charge on any atom is -0.476 e. The van der Waals surface area contributed by atoms with Gasteiger partial charge in [0.15, 0.2) is 10.8 Å². The predicted molar refractivity (Wildman–Crippen MR) is 74.9 cm³/mol. The second-order valence-electron chi connectivity index (χ2n) is 4.06. The van der Waals surface area contributed by atoms with E-state index >= 15 is 0 Å². The molecule has 0 aliphatic carbocycles. The Kier molecular flexibility index (Phi) is 3.98. The van der Waals surface area contributed by atoms with Gasteiger partial charge in [-0.15, -0.1) is 22.7 Å². The molecular weight excluding hydrogens is 268 g/mol. The summed E-state index contributed by atoms with van der Waals surface area (Å²) in [5, 5.41) is 14.9. The largest absolute Gasteiger partial charge is 0.476 e. The maximum absolute atomic E-state index is 10.9. The molecule has 2 aromatic rings. The van der Waals surface area contributed by atoms with Crippen molar-refractivity contribution < 1.29 is 9.90 Å². The van der Waals surface area contributed by atoms with Gasteiger partial charge < -0.3 is 10.4 Å². The van der Waals surface area contributed by atoms with Crippen molar-refractivity contribution in [3.05, 3.63) is 33.0 Å². The number of hydrogen-bond acceptors (Lipinski definition) is 5.